The predicted molar refractivity (Wildman–Crippen MR) is 102 cm³/mol. The normalized spacial score (nSPS) is 22.7. The van der Waals surface area contributed by atoms with E-state index in [9.17, 15) is 4.79 Å². The Labute approximate surface area is 160 Å². The molecule has 27 heavy (non-hydrogen) atoms. The number of carbonyl (C=O) groups is 1. The molecule has 3 fully saturated rings. The number of amides is 1. The summed E-state index contributed by atoms with van der Waals surface area (Å²) in [4.78, 5) is 21.8. The molecule has 3 saturated heterocycles. The zero-order valence-corrected chi connectivity index (χ0v) is 16.1. The number of benzene rings is 1. The molecule has 0 N–H and O–H groups in total. The first-order valence-corrected chi connectivity index (χ1v) is 9.76. The van der Waals surface area contributed by atoms with Gasteiger partial charge in [-0.3, -0.25) is 9.69 Å². The molecule has 0 saturated carbocycles. The highest BCUT2D eigenvalue weighted by Gasteiger charge is 2.38. The smallest absolute Gasteiger partial charge is 0.276 e. The van der Waals surface area contributed by atoms with Crippen molar-refractivity contribution in [1.82, 2.24) is 14.8 Å². The van der Waals surface area contributed by atoms with Crippen LogP contribution in [0.15, 0.2) is 35.1 Å². The number of hydrogen-bond donors (Lipinski definition) is 0. The molecule has 3 aliphatic rings. The quantitative estimate of drug-likeness (QED) is 0.811. The molecule has 2 atom stereocenters. The molecule has 2 bridgehead atoms. The highest BCUT2D eigenvalue weighted by atomic mass is 16.5. The zero-order valence-electron chi connectivity index (χ0n) is 16.1. The van der Waals surface area contributed by atoms with Gasteiger partial charge in [0.1, 0.15) is 11.5 Å². The minimum Gasteiger partial charge on any atom is -0.497 e. The van der Waals surface area contributed by atoms with E-state index in [4.69, 9.17) is 9.15 Å². The Kier molecular flexibility index (Phi) is 5.16. The SMILES string of the molecule is CCc1ocnc1C(=O)N1C[C@@H]2CC[C@H]1CN(Cc1ccc(OC)cc1)C2. The van der Waals surface area contributed by atoms with Gasteiger partial charge in [-0.1, -0.05) is 19.1 Å². The van der Waals surface area contributed by atoms with Gasteiger partial charge in [0, 0.05) is 38.6 Å². The Balaban J connectivity index is 1.47. The summed E-state index contributed by atoms with van der Waals surface area (Å²) in [7, 11) is 1.69. The Hall–Kier alpha value is -2.34. The van der Waals surface area contributed by atoms with Crippen molar-refractivity contribution in [3.8, 4) is 5.75 Å². The maximum atomic E-state index is 13.1. The number of aromatic nitrogens is 1. The maximum absolute atomic E-state index is 13.1. The second-order valence-electron chi connectivity index (χ2n) is 7.57. The maximum Gasteiger partial charge on any atom is 0.276 e. The van der Waals surface area contributed by atoms with Crippen molar-refractivity contribution in [3.05, 3.63) is 47.7 Å². The highest BCUT2D eigenvalue weighted by Crippen LogP contribution is 2.30. The first-order chi connectivity index (χ1) is 13.2. The van der Waals surface area contributed by atoms with Crippen molar-refractivity contribution >= 4 is 5.91 Å². The fourth-order valence-electron chi connectivity index (χ4n) is 4.38. The summed E-state index contributed by atoms with van der Waals surface area (Å²) in [5.74, 6) is 2.12. The Morgan fingerprint density at radius 3 is 2.78 bits per heavy atom. The van der Waals surface area contributed by atoms with Crippen LogP contribution >= 0.6 is 0 Å². The van der Waals surface area contributed by atoms with E-state index in [1.807, 2.05) is 24.0 Å². The van der Waals surface area contributed by atoms with Gasteiger partial charge in [0.05, 0.1) is 7.11 Å². The summed E-state index contributed by atoms with van der Waals surface area (Å²) in [6.07, 6.45) is 4.33. The molecule has 1 aromatic carbocycles. The van der Waals surface area contributed by atoms with Gasteiger partial charge in [-0.2, -0.15) is 0 Å². The van der Waals surface area contributed by atoms with Crippen molar-refractivity contribution in [2.24, 2.45) is 5.92 Å². The van der Waals surface area contributed by atoms with Gasteiger partial charge >= 0.3 is 0 Å². The van der Waals surface area contributed by atoms with Gasteiger partial charge in [0.2, 0.25) is 0 Å². The predicted octanol–water partition coefficient (Wildman–Crippen LogP) is 2.98. The lowest BCUT2D eigenvalue weighted by Crippen LogP contribution is -2.47. The van der Waals surface area contributed by atoms with Crippen LogP contribution in [0.1, 0.15) is 41.6 Å². The third kappa shape index (κ3) is 3.72. The average molecular weight is 369 g/mol. The Bertz CT molecular complexity index is 786. The van der Waals surface area contributed by atoms with Crippen LogP contribution in [0.4, 0.5) is 0 Å². The molecule has 0 radical (unpaired) electrons. The second-order valence-corrected chi connectivity index (χ2v) is 7.57. The molecular weight excluding hydrogens is 342 g/mol. The van der Waals surface area contributed by atoms with Crippen LogP contribution in [0.5, 0.6) is 5.75 Å². The summed E-state index contributed by atoms with van der Waals surface area (Å²) >= 11 is 0. The van der Waals surface area contributed by atoms with E-state index in [2.05, 4.69) is 22.0 Å². The fourth-order valence-corrected chi connectivity index (χ4v) is 4.38. The lowest BCUT2D eigenvalue weighted by molar-refractivity contribution is 0.0577. The molecule has 5 rings (SSSR count). The summed E-state index contributed by atoms with van der Waals surface area (Å²) < 4.78 is 10.6. The number of hydrogen-bond acceptors (Lipinski definition) is 5. The van der Waals surface area contributed by atoms with Crippen molar-refractivity contribution in [3.63, 3.8) is 0 Å². The molecule has 6 nitrogen and oxygen atoms in total. The zero-order chi connectivity index (χ0) is 18.8. The van der Waals surface area contributed by atoms with Crippen LogP contribution in [0.2, 0.25) is 0 Å². The van der Waals surface area contributed by atoms with Crippen LogP contribution in [0.3, 0.4) is 0 Å². The number of piperidine rings is 1. The first kappa shape index (κ1) is 18.0. The van der Waals surface area contributed by atoms with Crippen LogP contribution < -0.4 is 4.74 Å². The molecule has 6 heteroatoms. The number of aryl methyl sites for hydroxylation is 1. The topological polar surface area (TPSA) is 58.8 Å². The largest absolute Gasteiger partial charge is 0.497 e. The Morgan fingerprint density at radius 1 is 1.22 bits per heavy atom. The van der Waals surface area contributed by atoms with E-state index in [1.165, 1.54) is 18.4 Å². The van der Waals surface area contributed by atoms with Crippen LogP contribution in [0.25, 0.3) is 0 Å². The van der Waals surface area contributed by atoms with Crippen LogP contribution in [0, 0.1) is 5.92 Å². The lowest BCUT2D eigenvalue weighted by Gasteiger charge is -2.35. The van der Waals surface area contributed by atoms with Gasteiger partial charge in [-0.15, -0.1) is 0 Å². The van der Waals surface area contributed by atoms with Crippen molar-refractivity contribution in [2.75, 3.05) is 26.7 Å². The second kappa shape index (κ2) is 7.72. The minimum absolute atomic E-state index is 0.0293. The molecule has 2 aromatic rings. The Morgan fingerprint density at radius 2 is 2.04 bits per heavy atom. The van der Waals surface area contributed by atoms with Crippen LogP contribution in [-0.4, -0.2) is 53.5 Å². The monoisotopic (exact) mass is 369 g/mol. The van der Waals surface area contributed by atoms with Crippen molar-refractivity contribution in [1.29, 1.82) is 0 Å². The number of rotatable bonds is 5. The minimum atomic E-state index is 0.0293. The van der Waals surface area contributed by atoms with Crippen molar-refractivity contribution < 1.29 is 13.9 Å². The molecule has 3 aliphatic heterocycles. The van der Waals surface area contributed by atoms with E-state index < -0.39 is 0 Å². The van der Waals surface area contributed by atoms with E-state index in [1.54, 1.807) is 7.11 Å². The molecule has 1 amide bonds. The van der Waals surface area contributed by atoms with Gasteiger partial charge < -0.3 is 14.1 Å². The average Bonchev–Trinajstić information content (AvgIpc) is 3.01. The summed E-state index contributed by atoms with van der Waals surface area (Å²) in [6.45, 7) is 5.66. The molecule has 144 valence electrons. The number of fused-ring (bicyclic) bond motifs is 4. The molecule has 0 aliphatic carbocycles. The standard InChI is InChI=1S/C21H27N3O3/c1-3-19-20(22-14-27-19)21(25)24-12-16-4-7-17(24)13-23(11-16)10-15-5-8-18(26-2)9-6-15/h5-6,8-9,14,16-17H,3-4,7,10-13H2,1-2H3/t16-,17+/m1/s1. The van der Waals surface area contributed by atoms with E-state index in [-0.39, 0.29) is 11.9 Å². The third-order valence-electron chi connectivity index (χ3n) is 5.78. The van der Waals surface area contributed by atoms with E-state index in [0.29, 0.717) is 23.8 Å². The number of ether oxygens (including phenoxy) is 1. The number of nitrogens with zero attached hydrogens (tertiary/aromatic N) is 3. The molecule has 0 unspecified atom stereocenters. The van der Waals surface area contributed by atoms with E-state index in [0.717, 1.165) is 38.3 Å². The van der Waals surface area contributed by atoms with Gasteiger partial charge in [-0.05, 0) is 36.5 Å². The molecular formula is C21H27N3O3. The van der Waals surface area contributed by atoms with Gasteiger partial charge in [0.15, 0.2) is 12.1 Å². The fraction of sp³-hybridized carbons (Fsp3) is 0.524. The third-order valence-corrected chi connectivity index (χ3v) is 5.78. The summed E-state index contributed by atoms with van der Waals surface area (Å²) in [5, 5.41) is 0. The number of methoxy groups -OCH3 is 1. The van der Waals surface area contributed by atoms with Crippen molar-refractivity contribution in [2.45, 2.75) is 38.8 Å². The number of oxazole rings is 1. The van der Waals surface area contributed by atoms with Crippen LogP contribution in [-0.2, 0) is 13.0 Å². The van der Waals surface area contributed by atoms with Gasteiger partial charge in [0.25, 0.3) is 5.91 Å². The number of carbonyl (C=O) groups excluding carboxylic acids is 1. The lowest BCUT2D eigenvalue weighted by atomic mass is 9.94. The molecule has 0 spiro atoms. The molecule has 1 aromatic heterocycles. The first-order valence-electron chi connectivity index (χ1n) is 9.76. The molecule has 4 heterocycles. The van der Waals surface area contributed by atoms with Gasteiger partial charge in [-0.25, -0.2) is 4.98 Å². The highest BCUT2D eigenvalue weighted by molar-refractivity contribution is 5.93. The summed E-state index contributed by atoms with van der Waals surface area (Å²) in [6, 6.07) is 8.51. The summed E-state index contributed by atoms with van der Waals surface area (Å²) in [5.41, 5.74) is 1.77. The van der Waals surface area contributed by atoms with E-state index >= 15 is 0 Å².